The fourth-order valence-corrected chi connectivity index (χ4v) is 5.19. The van der Waals surface area contributed by atoms with Gasteiger partial charge in [0.15, 0.2) is 0 Å². The van der Waals surface area contributed by atoms with E-state index in [1.165, 1.54) is 26.4 Å². The van der Waals surface area contributed by atoms with Crippen LogP contribution in [0.5, 0.6) is 17.2 Å². The zero-order valence-electron chi connectivity index (χ0n) is 20.3. The Morgan fingerprint density at radius 3 is 2.37 bits per heavy atom. The number of ether oxygens (including phenoxy) is 3. The van der Waals surface area contributed by atoms with Crippen LogP contribution >= 0.6 is 11.6 Å². The van der Waals surface area contributed by atoms with E-state index in [-0.39, 0.29) is 34.8 Å². The first-order valence-corrected chi connectivity index (χ1v) is 12.1. The molecule has 7 nitrogen and oxygen atoms in total. The van der Waals surface area contributed by atoms with Gasteiger partial charge in [0.1, 0.15) is 23.0 Å². The maximum atomic E-state index is 13.4. The van der Waals surface area contributed by atoms with E-state index in [4.69, 9.17) is 25.8 Å². The number of aliphatic hydroxyl groups is 1. The summed E-state index contributed by atoms with van der Waals surface area (Å²) < 4.78 is 16.6. The monoisotopic (exact) mass is 499 g/mol. The van der Waals surface area contributed by atoms with E-state index in [0.29, 0.717) is 22.1 Å². The van der Waals surface area contributed by atoms with Gasteiger partial charge in [0.2, 0.25) is 0 Å². The molecular formula is C27H30ClNO6. The number of amides is 1. The summed E-state index contributed by atoms with van der Waals surface area (Å²) in [6.07, 6.45) is 3.54. The molecule has 1 saturated heterocycles. The topological polar surface area (TPSA) is 85.3 Å². The Bertz CT molecular complexity index is 1170. The molecular weight excluding hydrogens is 470 g/mol. The Kier molecular flexibility index (Phi) is 7.26. The van der Waals surface area contributed by atoms with Gasteiger partial charge in [0.05, 0.1) is 42.5 Å². The summed E-state index contributed by atoms with van der Waals surface area (Å²) in [6.45, 7) is 3.86. The first kappa shape index (κ1) is 24.9. The minimum absolute atomic E-state index is 0.00581. The summed E-state index contributed by atoms with van der Waals surface area (Å²) in [5, 5.41) is 11.8. The fourth-order valence-electron chi connectivity index (χ4n) is 4.96. The molecule has 35 heavy (non-hydrogen) atoms. The van der Waals surface area contributed by atoms with Crippen LogP contribution in [0, 0.1) is 0 Å². The number of hydrogen-bond acceptors (Lipinski definition) is 6. The normalized spacial score (nSPS) is 20.1. The maximum Gasteiger partial charge on any atom is 0.295 e. The van der Waals surface area contributed by atoms with Gasteiger partial charge < -0.3 is 24.2 Å². The lowest BCUT2D eigenvalue weighted by atomic mass is 9.94. The number of halogens is 1. The molecule has 1 aliphatic carbocycles. The number of hydrogen-bond donors (Lipinski definition) is 1. The molecule has 0 spiro atoms. The smallest absolute Gasteiger partial charge is 0.295 e. The van der Waals surface area contributed by atoms with Gasteiger partial charge in [-0.05, 0) is 50.5 Å². The molecule has 1 atom stereocenters. The minimum Gasteiger partial charge on any atom is -0.507 e. The minimum atomic E-state index is -0.764. The van der Waals surface area contributed by atoms with Gasteiger partial charge in [-0.2, -0.15) is 0 Å². The van der Waals surface area contributed by atoms with E-state index in [0.717, 1.165) is 25.7 Å². The Balaban J connectivity index is 1.93. The molecule has 0 bridgehead atoms. The van der Waals surface area contributed by atoms with Crippen LogP contribution in [-0.2, 0) is 9.59 Å². The van der Waals surface area contributed by atoms with Crippen LogP contribution in [0.2, 0.25) is 5.02 Å². The summed E-state index contributed by atoms with van der Waals surface area (Å²) in [5.41, 5.74) is 0.916. The number of rotatable bonds is 7. The molecule has 8 heteroatoms. The third-order valence-electron chi connectivity index (χ3n) is 6.47. The number of carbonyl (C=O) groups is 2. The van der Waals surface area contributed by atoms with Gasteiger partial charge >= 0.3 is 0 Å². The largest absolute Gasteiger partial charge is 0.507 e. The lowest BCUT2D eigenvalue weighted by Gasteiger charge is -2.31. The standard InChI is InChI=1S/C27H30ClNO6/c1-15(2)35-18-11-7-8-16(12-18)24-23(26(31)27(32)29(24)17-9-5-6-10-17)25(30)19-13-22(34-4)20(28)14-21(19)33-3/h7-8,11-15,17,24,30H,5-6,9-10H2,1-4H3/b25-23+. The number of ketones is 1. The highest BCUT2D eigenvalue weighted by molar-refractivity contribution is 6.46. The van der Waals surface area contributed by atoms with E-state index in [2.05, 4.69) is 0 Å². The second-order valence-electron chi connectivity index (χ2n) is 9.07. The Morgan fingerprint density at radius 2 is 1.74 bits per heavy atom. The highest BCUT2D eigenvalue weighted by Gasteiger charge is 2.49. The van der Waals surface area contributed by atoms with Gasteiger partial charge in [0.25, 0.3) is 11.7 Å². The van der Waals surface area contributed by atoms with E-state index < -0.39 is 17.7 Å². The molecule has 0 radical (unpaired) electrons. The van der Waals surface area contributed by atoms with Crippen molar-refractivity contribution in [3.05, 3.63) is 58.1 Å². The summed E-state index contributed by atoms with van der Waals surface area (Å²) in [7, 11) is 2.90. The van der Waals surface area contributed by atoms with Crippen LogP contribution in [0.15, 0.2) is 42.0 Å². The molecule has 1 N–H and O–H groups in total. The van der Waals surface area contributed by atoms with Crippen molar-refractivity contribution in [1.82, 2.24) is 4.90 Å². The molecule has 1 amide bonds. The average Bonchev–Trinajstić information content (AvgIpc) is 3.45. The molecule has 1 heterocycles. The molecule has 2 aromatic rings. The van der Waals surface area contributed by atoms with Crippen molar-refractivity contribution < 1.29 is 28.9 Å². The second-order valence-corrected chi connectivity index (χ2v) is 9.48. The van der Waals surface area contributed by atoms with Crippen molar-refractivity contribution in [3.8, 4) is 17.2 Å². The molecule has 2 fully saturated rings. The Labute approximate surface area is 210 Å². The summed E-state index contributed by atoms with van der Waals surface area (Å²) >= 11 is 6.24. The predicted molar refractivity (Wildman–Crippen MR) is 133 cm³/mol. The van der Waals surface area contributed by atoms with Gasteiger partial charge in [0, 0.05) is 12.1 Å². The van der Waals surface area contributed by atoms with Gasteiger partial charge in [-0.3, -0.25) is 9.59 Å². The van der Waals surface area contributed by atoms with Crippen molar-refractivity contribution in [2.75, 3.05) is 14.2 Å². The van der Waals surface area contributed by atoms with Crippen LogP contribution in [0.3, 0.4) is 0 Å². The number of nitrogens with zero attached hydrogens (tertiary/aromatic N) is 1. The SMILES string of the molecule is COc1cc(/C(O)=C2\C(=O)C(=O)N(C3CCCC3)C2c2cccc(OC(C)C)c2)c(OC)cc1Cl. The molecule has 2 aliphatic rings. The van der Waals surface area contributed by atoms with E-state index in [9.17, 15) is 14.7 Å². The second kappa shape index (κ2) is 10.2. The summed E-state index contributed by atoms with van der Waals surface area (Å²) in [4.78, 5) is 28.4. The lowest BCUT2D eigenvalue weighted by Crippen LogP contribution is -2.37. The van der Waals surface area contributed by atoms with Crippen LogP contribution in [0.1, 0.15) is 56.7 Å². The van der Waals surface area contributed by atoms with E-state index >= 15 is 0 Å². The number of Topliss-reactive ketones (excluding diaryl/α,β-unsaturated/α-hetero) is 1. The van der Waals surface area contributed by atoms with Gasteiger partial charge in [-0.15, -0.1) is 0 Å². The van der Waals surface area contributed by atoms with Crippen molar-refractivity contribution in [3.63, 3.8) is 0 Å². The highest BCUT2D eigenvalue weighted by Crippen LogP contribution is 2.46. The molecule has 1 unspecified atom stereocenters. The summed E-state index contributed by atoms with van der Waals surface area (Å²) in [5.74, 6) is -0.487. The summed E-state index contributed by atoms with van der Waals surface area (Å²) in [6, 6.07) is 9.50. The third-order valence-corrected chi connectivity index (χ3v) is 6.77. The predicted octanol–water partition coefficient (Wildman–Crippen LogP) is 5.51. The highest BCUT2D eigenvalue weighted by atomic mass is 35.5. The lowest BCUT2D eigenvalue weighted by molar-refractivity contribution is -0.141. The Morgan fingerprint density at radius 1 is 1.06 bits per heavy atom. The molecule has 2 aromatic carbocycles. The number of carbonyl (C=O) groups excluding carboxylic acids is 2. The van der Waals surface area contributed by atoms with Crippen LogP contribution in [0.4, 0.5) is 0 Å². The molecule has 4 rings (SSSR count). The first-order chi connectivity index (χ1) is 16.8. The molecule has 186 valence electrons. The number of aliphatic hydroxyl groups excluding tert-OH is 1. The van der Waals surface area contributed by atoms with Crippen LogP contribution in [0.25, 0.3) is 5.76 Å². The first-order valence-electron chi connectivity index (χ1n) is 11.8. The van der Waals surface area contributed by atoms with Crippen molar-refractivity contribution in [1.29, 1.82) is 0 Å². The van der Waals surface area contributed by atoms with Gasteiger partial charge in [-0.25, -0.2) is 0 Å². The van der Waals surface area contributed by atoms with E-state index in [1.807, 2.05) is 38.1 Å². The average molecular weight is 500 g/mol. The zero-order chi connectivity index (χ0) is 25.3. The van der Waals surface area contributed by atoms with Crippen LogP contribution in [-0.4, -0.2) is 48.1 Å². The Hall–Kier alpha value is -3.19. The number of likely N-dealkylation sites (tertiary alicyclic amines) is 1. The quantitative estimate of drug-likeness (QED) is 0.307. The van der Waals surface area contributed by atoms with Crippen molar-refractivity contribution >= 4 is 29.1 Å². The van der Waals surface area contributed by atoms with Crippen molar-refractivity contribution in [2.45, 2.75) is 57.7 Å². The van der Waals surface area contributed by atoms with E-state index in [1.54, 1.807) is 4.90 Å². The van der Waals surface area contributed by atoms with Crippen molar-refractivity contribution in [2.24, 2.45) is 0 Å². The number of benzene rings is 2. The maximum absolute atomic E-state index is 13.4. The van der Waals surface area contributed by atoms with Gasteiger partial charge in [-0.1, -0.05) is 36.6 Å². The molecule has 1 aliphatic heterocycles. The fraction of sp³-hybridized carbons (Fsp3) is 0.407. The van der Waals surface area contributed by atoms with Crippen LogP contribution < -0.4 is 14.2 Å². The zero-order valence-corrected chi connectivity index (χ0v) is 21.1. The third kappa shape index (κ3) is 4.69. The molecule has 1 saturated carbocycles. The molecule has 0 aromatic heterocycles. The number of methoxy groups -OCH3 is 2.